The summed E-state index contributed by atoms with van der Waals surface area (Å²) >= 11 is 1.38. The number of carbonyl (C=O) groups excluding carboxylic acids is 1. The molecule has 0 radical (unpaired) electrons. The second-order valence-electron chi connectivity index (χ2n) is 7.54. The van der Waals surface area contributed by atoms with Crippen LogP contribution in [0, 0.1) is 5.92 Å². The van der Waals surface area contributed by atoms with Crippen molar-refractivity contribution in [2.75, 3.05) is 25.6 Å². The minimum atomic E-state index is -3.55. The first-order valence-electron chi connectivity index (χ1n) is 9.98. The summed E-state index contributed by atoms with van der Waals surface area (Å²) in [6, 6.07) is 11.6. The molecule has 4 rings (SSSR count). The summed E-state index contributed by atoms with van der Waals surface area (Å²) in [6.45, 7) is 3.12. The Kier molecular flexibility index (Phi) is 6.12. The van der Waals surface area contributed by atoms with E-state index in [1.807, 2.05) is 18.2 Å². The molecule has 1 atom stereocenters. The maximum Gasteiger partial charge on any atom is 0.269 e. The highest BCUT2D eigenvalue weighted by molar-refractivity contribution is 7.89. The summed E-state index contributed by atoms with van der Waals surface area (Å²) in [7, 11) is -1.97. The molecule has 1 aromatic heterocycles. The molecule has 1 amide bonds. The number of hydrazine groups is 1. The van der Waals surface area contributed by atoms with Gasteiger partial charge in [-0.2, -0.15) is 4.31 Å². The van der Waals surface area contributed by atoms with E-state index in [1.165, 1.54) is 39.9 Å². The van der Waals surface area contributed by atoms with E-state index in [-0.39, 0.29) is 10.8 Å². The van der Waals surface area contributed by atoms with Crippen LogP contribution in [0.1, 0.15) is 30.1 Å². The molecular formula is C21H24N4O4S2. The van der Waals surface area contributed by atoms with E-state index in [4.69, 9.17) is 4.74 Å². The maximum absolute atomic E-state index is 12.9. The van der Waals surface area contributed by atoms with Crippen LogP contribution in [-0.4, -0.2) is 43.8 Å². The molecule has 2 aromatic carbocycles. The molecular weight excluding hydrogens is 436 g/mol. The predicted molar refractivity (Wildman–Crippen MR) is 121 cm³/mol. The average Bonchev–Trinajstić information content (AvgIpc) is 3.21. The maximum atomic E-state index is 12.9. The average molecular weight is 461 g/mol. The minimum Gasteiger partial charge on any atom is -0.494 e. The van der Waals surface area contributed by atoms with Gasteiger partial charge in [0.25, 0.3) is 5.91 Å². The number of nitrogens with zero attached hydrogens (tertiary/aromatic N) is 2. The van der Waals surface area contributed by atoms with E-state index in [1.54, 1.807) is 7.11 Å². The number of amides is 1. The van der Waals surface area contributed by atoms with Crippen LogP contribution < -0.4 is 15.6 Å². The number of anilines is 1. The number of piperidine rings is 1. The van der Waals surface area contributed by atoms with Gasteiger partial charge in [0.15, 0.2) is 0 Å². The number of rotatable bonds is 6. The van der Waals surface area contributed by atoms with Crippen molar-refractivity contribution < 1.29 is 17.9 Å². The topological polar surface area (TPSA) is 101 Å². The number of hydrogen-bond acceptors (Lipinski definition) is 7. The van der Waals surface area contributed by atoms with Gasteiger partial charge in [-0.15, -0.1) is 0 Å². The summed E-state index contributed by atoms with van der Waals surface area (Å²) in [6.07, 6.45) is 1.91. The highest BCUT2D eigenvalue weighted by Gasteiger charge is 2.28. The van der Waals surface area contributed by atoms with Crippen LogP contribution >= 0.6 is 11.3 Å². The SMILES string of the molecule is COc1cccc2sc(NNC(=O)c3ccc(S(=O)(=O)N4CCCC(C)C4)cc3)nc12. The Morgan fingerprint density at radius 2 is 2.00 bits per heavy atom. The van der Waals surface area contributed by atoms with Gasteiger partial charge in [-0.1, -0.05) is 24.3 Å². The van der Waals surface area contributed by atoms with Gasteiger partial charge in [0.1, 0.15) is 11.3 Å². The number of fused-ring (bicyclic) bond motifs is 1. The quantitative estimate of drug-likeness (QED) is 0.546. The lowest BCUT2D eigenvalue weighted by Gasteiger charge is -2.30. The fourth-order valence-electron chi connectivity index (χ4n) is 3.62. The van der Waals surface area contributed by atoms with Crippen molar-refractivity contribution in [1.29, 1.82) is 0 Å². The predicted octanol–water partition coefficient (Wildman–Crippen LogP) is 3.48. The van der Waals surface area contributed by atoms with Gasteiger partial charge in [0.2, 0.25) is 15.2 Å². The summed E-state index contributed by atoms with van der Waals surface area (Å²) in [5.41, 5.74) is 6.47. The number of methoxy groups -OCH3 is 1. The summed E-state index contributed by atoms with van der Waals surface area (Å²) < 4.78 is 33.5. The number of aromatic nitrogens is 1. The zero-order valence-electron chi connectivity index (χ0n) is 17.3. The molecule has 8 nitrogen and oxygen atoms in total. The Hall–Kier alpha value is -2.69. The summed E-state index contributed by atoms with van der Waals surface area (Å²) in [4.78, 5) is 17.1. The Morgan fingerprint density at radius 3 is 2.71 bits per heavy atom. The largest absolute Gasteiger partial charge is 0.494 e. The Bertz CT molecular complexity index is 1190. The molecule has 0 aliphatic carbocycles. The third-order valence-corrected chi connectivity index (χ3v) is 8.07. The van der Waals surface area contributed by atoms with Crippen molar-refractivity contribution in [2.24, 2.45) is 5.92 Å². The molecule has 0 saturated carbocycles. The minimum absolute atomic E-state index is 0.198. The second-order valence-corrected chi connectivity index (χ2v) is 10.5. The molecule has 3 aromatic rings. The lowest BCUT2D eigenvalue weighted by Crippen LogP contribution is -2.39. The third-order valence-electron chi connectivity index (χ3n) is 5.26. The Morgan fingerprint density at radius 1 is 1.23 bits per heavy atom. The van der Waals surface area contributed by atoms with E-state index in [2.05, 4.69) is 22.8 Å². The number of carbonyl (C=O) groups is 1. The van der Waals surface area contributed by atoms with E-state index in [9.17, 15) is 13.2 Å². The van der Waals surface area contributed by atoms with Crippen LogP contribution in [-0.2, 0) is 10.0 Å². The molecule has 1 fully saturated rings. The molecule has 1 aliphatic heterocycles. The van der Waals surface area contributed by atoms with Crippen molar-refractivity contribution in [2.45, 2.75) is 24.7 Å². The zero-order valence-corrected chi connectivity index (χ0v) is 18.9. The Balaban J connectivity index is 1.43. The molecule has 31 heavy (non-hydrogen) atoms. The third kappa shape index (κ3) is 4.51. The number of hydrogen-bond donors (Lipinski definition) is 2. The molecule has 10 heteroatoms. The molecule has 0 bridgehead atoms. The first kappa shape index (κ1) is 21.5. The van der Waals surface area contributed by atoms with Crippen LogP contribution in [0.5, 0.6) is 5.75 Å². The number of thiazole rings is 1. The van der Waals surface area contributed by atoms with E-state index >= 15 is 0 Å². The highest BCUT2D eigenvalue weighted by Crippen LogP contribution is 2.31. The molecule has 2 heterocycles. The van der Waals surface area contributed by atoms with Gasteiger partial charge < -0.3 is 4.74 Å². The van der Waals surface area contributed by atoms with Crippen molar-refractivity contribution in [3.8, 4) is 5.75 Å². The first-order valence-corrected chi connectivity index (χ1v) is 12.2. The summed E-state index contributed by atoms with van der Waals surface area (Å²) in [5, 5.41) is 0.520. The number of benzene rings is 2. The van der Waals surface area contributed by atoms with Gasteiger partial charge in [0.05, 0.1) is 16.7 Å². The van der Waals surface area contributed by atoms with E-state index in [0.29, 0.717) is 41.0 Å². The standard InChI is InChI=1S/C21H24N4O4S2/c1-14-5-4-12-25(13-14)31(27,28)16-10-8-15(9-11-16)20(26)23-24-21-22-19-17(29-2)6-3-7-18(19)30-21/h3,6-11,14H,4-5,12-13H2,1-2H3,(H,22,24)(H,23,26). The highest BCUT2D eigenvalue weighted by atomic mass is 32.2. The zero-order chi connectivity index (χ0) is 22.0. The molecule has 164 valence electrons. The number of ether oxygens (including phenoxy) is 1. The van der Waals surface area contributed by atoms with Gasteiger partial charge in [-0.3, -0.25) is 15.6 Å². The molecule has 1 saturated heterocycles. The fourth-order valence-corrected chi connectivity index (χ4v) is 6.05. The van der Waals surface area contributed by atoms with Gasteiger partial charge in [0, 0.05) is 18.7 Å². The van der Waals surface area contributed by atoms with Gasteiger partial charge in [-0.05, 0) is 55.2 Å². The molecule has 2 N–H and O–H groups in total. The van der Waals surface area contributed by atoms with Gasteiger partial charge >= 0.3 is 0 Å². The van der Waals surface area contributed by atoms with Crippen molar-refractivity contribution in [1.82, 2.24) is 14.7 Å². The molecule has 0 spiro atoms. The van der Waals surface area contributed by atoms with Crippen molar-refractivity contribution in [3.63, 3.8) is 0 Å². The lowest BCUT2D eigenvalue weighted by atomic mass is 10.0. The lowest BCUT2D eigenvalue weighted by molar-refractivity contribution is 0.0962. The molecule has 1 unspecified atom stereocenters. The van der Waals surface area contributed by atoms with E-state index < -0.39 is 10.0 Å². The normalized spacial score (nSPS) is 17.4. The fraction of sp³-hybridized carbons (Fsp3) is 0.333. The van der Waals surface area contributed by atoms with E-state index in [0.717, 1.165) is 17.5 Å². The van der Waals surface area contributed by atoms with Crippen molar-refractivity contribution >= 4 is 42.6 Å². The van der Waals surface area contributed by atoms with Crippen LogP contribution in [0.3, 0.4) is 0 Å². The monoisotopic (exact) mass is 460 g/mol. The first-order chi connectivity index (χ1) is 14.9. The number of para-hydroxylation sites is 1. The Labute approximate surface area is 185 Å². The summed E-state index contributed by atoms with van der Waals surface area (Å²) in [5.74, 6) is 0.622. The van der Waals surface area contributed by atoms with Gasteiger partial charge in [-0.25, -0.2) is 13.4 Å². The van der Waals surface area contributed by atoms with Crippen molar-refractivity contribution in [3.05, 3.63) is 48.0 Å². The van der Waals surface area contributed by atoms with Crippen LogP contribution in [0.2, 0.25) is 0 Å². The van der Waals surface area contributed by atoms with Crippen LogP contribution in [0.25, 0.3) is 10.2 Å². The number of nitrogens with one attached hydrogen (secondary N) is 2. The second kappa shape index (κ2) is 8.81. The van der Waals surface area contributed by atoms with Crippen LogP contribution in [0.4, 0.5) is 5.13 Å². The molecule has 1 aliphatic rings. The number of sulfonamides is 1. The smallest absolute Gasteiger partial charge is 0.269 e. The van der Waals surface area contributed by atoms with Crippen LogP contribution in [0.15, 0.2) is 47.4 Å².